The fourth-order valence-electron chi connectivity index (χ4n) is 2.81. The van der Waals surface area contributed by atoms with Gasteiger partial charge in [0.15, 0.2) is 6.04 Å². The van der Waals surface area contributed by atoms with Gasteiger partial charge in [0.1, 0.15) is 30.1 Å². The molecule has 7 nitrogen and oxygen atoms in total. The van der Waals surface area contributed by atoms with Crippen molar-refractivity contribution in [3.05, 3.63) is 29.1 Å². The third-order valence-electron chi connectivity index (χ3n) is 4.00. The van der Waals surface area contributed by atoms with Gasteiger partial charge in [-0.15, -0.1) is 0 Å². The normalized spacial score (nSPS) is 16.9. The van der Waals surface area contributed by atoms with E-state index in [1.807, 2.05) is 0 Å². The highest BCUT2D eigenvalue weighted by atomic mass is 19.1. The van der Waals surface area contributed by atoms with Crippen molar-refractivity contribution in [1.29, 1.82) is 0 Å². The molecule has 2 unspecified atom stereocenters. The third-order valence-corrected chi connectivity index (χ3v) is 4.00. The number of benzene rings is 1. The van der Waals surface area contributed by atoms with Crippen LogP contribution in [0.2, 0.25) is 0 Å². The van der Waals surface area contributed by atoms with Crippen LogP contribution in [0.5, 0.6) is 5.75 Å². The molecule has 1 amide bonds. The molecule has 1 aliphatic carbocycles. The number of carbonyl (C=O) groups is 3. The zero-order valence-corrected chi connectivity index (χ0v) is 15.8. The Hall–Kier alpha value is -2.64. The van der Waals surface area contributed by atoms with E-state index in [9.17, 15) is 18.8 Å². The number of esters is 1. The van der Waals surface area contributed by atoms with Crippen molar-refractivity contribution in [2.45, 2.75) is 45.3 Å². The highest BCUT2D eigenvalue weighted by Crippen LogP contribution is 2.31. The zero-order valence-electron chi connectivity index (χ0n) is 15.8. The largest absolute Gasteiger partial charge is 0.491 e. The lowest BCUT2D eigenvalue weighted by Gasteiger charge is -2.22. The molecule has 2 rings (SSSR count). The number of hydrogen-bond donors (Lipinski definition) is 1. The van der Waals surface area contributed by atoms with Crippen molar-refractivity contribution in [3.63, 3.8) is 0 Å². The maximum absolute atomic E-state index is 14.2. The number of alkyl carbamates (subject to hydrolysis) is 1. The molecule has 1 N–H and O–H groups in total. The topological polar surface area (TPSA) is 90.9 Å². The summed E-state index contributed by atoms with van der Waals surface area (Å²) in [4.78, 5) is 34.7. The summed E-state index contributed by atoms with van der Waals surface area (Å²) in [6.45, 7) is 4.81. The predicted molar refractivity (Wildman–Crippen MR) is 94.0 cm³/mol. The Labute approximate surface area is 157 Å². The van der Waals surface area contributed by atoms with Crippen LogP contribution >= 0.6 is 0 Å². The zero-order chi connectivity index (χ0) is 20.2. The van der Waals surface area contributed by atoms with E-state index < -0.39 is 29.5 Å². The average Bonchev–Trinajstić information content (AvgIpc) is 3.00. The van der Waals surface area contributed by atoms with Crippen LogP contribution in [-0.2, 0) is 31.9 Å². The number of aldehydes is 1. The van der Waals surface area contributed by atoms with Crippen LogP contribution < -0.4 is 10.1 Å². The second-order valence-corrected chi connectivity index (χ2v) is 7.38. The smallest absolute Gasteiger partial charge is 0.408 e. The second kappa shape index (κ2) is 8.37. The standard InChI is InChI=1S/C19H24FNO6/c1-19(2,3)27-18(24)21-16(17(23)25-4)10-26-13-7-12-5-11(9-22)6-14(12)15(20)8-13/h7-9,11,16H,5-6,10H2,1-4H3,(H,21,24). The summed E-state index contributed by atoms with van der Waals surface area (Å²) in [5, 5.41) is 2.38. The van der Waals surface area contributed by atoms with E-state index in [-0.39, 0.29) is 18.3 Å². The van der Waals surface area contributed by atoms with Gasteiger partial charge < -0.3 is 24.3 Å². The summed E-state index contributed by atoms with van der Waals surface area (Å²) in [6.07, 6.45) is 0.841. The van der Waals surface area contributed by atoms with Gasteiger partial charge in [-0.1, -0.05) is 0 Å². The van der Waals surface area contributed by atoms with E-state index in [4.69, 9.17) is 9.47 Å². The molecule has 2 atom stereocenters. The van der Waals surface area contributed by atoms with E-state index >= 15 is 0 Å². The monoisotopic (exact) mass is 381 g/mol. The highest BCUT2D eigenvalue weighted by molar-refractivity contribution is 5.81. The molecular weight excluding hydrogens is 357 g/mol. The number of methoxy groups -OCH3 is 1. The van der Waals surface area contributed by atoms with Gasteiger partial charge in [-0.2, -0.15) is 0 Å². The molecule has 0 saturated heterocycles. The highest BCUT2D eigenvalue weighted by Gasteiger charge is 2.27. The molecule has 1 aromatic carbocycles. The molecule has 8 heteroatoms. The molecule has 0 aliphatic heterocycles. The van der Waals surface area contributed by atoms with Gasteiger partial charge in [-0.3, -0.25) is 0 Å². The lowest BCUT2D eigenvalue weighted by atomic mass is 10.1. The SMILES string of the molecule is COC(=O)C(COc1cc(F)c2c(c1)CC(C=O)C2)NC(=O)OC(C)(C)C. The summed E-state index contributed by atoms with van der Waals surface area (Å²) < 4.78 is 29.5. The van der Waals surface area contributed by atoms with Crippen molar-refractivity contribution in [1.82, 2.24) is 5.32 Å². The van der Waals surface area contributed by atoms with Crippen molar-refractivity contribution in [2.75, 3.05) is 13.7 Å². The van der Waals surface area contributed by atoms with Crippen LogP contribution in [0.25, 0.3) is 0 Å². The first-order valence-electron chi connectivity index (χ1n) is 8.59. The van der Waals surface area contributed by atoms with Gasteiger partial charge in [0.05, 0.1) is 7.11 Å². The number of ether oxygens (including phenoxy) is 3. The first-order chi connectivity index (χ1) is 12.6. The molecule has 0 heterocycles. The third kappa shape index (κ3) is 5.67. The molecule has 1 aliphatic rings. The number of hydrogen-bond acceptors (Lipinski definition) is 6. The Balaban J connectivity index is 2.05. The molecule has 0 spiro atoms. The van der Waals surface area contributed by atoms with Crippen molar-refractivity contribution in [2.24, 2.45) is 5.92 Å². The maximum atomic E-state index is 14.2. The molecule has 0 aromatic heterocycles. The number of halogens is 1. The van der Waals surface area contributed by atoms with Gasteiger partial charge in [0, 0.05) is 12.0 Å². The summed E-state index contributed by atoms with van der Waals surface area (Å²) in [7, 11) is 1.18. The molecule has 0 saturated carbocycles. The van der Waals surface area contributed by atoms with Gasteiger partial charge in [0.2, 0.25) is 0 Å². The Kier molecular flexibility index (Phi) is 6.41. The molecule has 0 radical (unpaired) electrons. The first kappa shape index (κ1) is 20.7. The van der Waals surface area contributed by atoms with Crippen LogP contribution in [0.4, 0.5) is 9.18 Å². The maximum Gasteiger partial charge on any atom is 0.408 e. The predicted octanol–water partition coefficient (Wildman–Crippen LogP) is 2.18. The molecule has 148 valence electrons. The molecule has 27 heavy (non-hydrogen) atoms. The summed E-state index contributed by atoms with van der Waals surface area (Å²) in [5.74, 6) is -1.20. The summed E-state index contributed by atoms with van der Waals surface area (Å²) >= 11 is 0. The van der Waals surface area contributed by atoms with Gasteiger partial charge >= 0.3 is 12.1 Å². The van der Waals surface area contributed by atoms with E-state index in [1.165, 1.54) is 13.2 Å². The van der Waals surface area contributed by atoms with Crippen molar-refractivity contribution >= 4 is 18.3 Å². The van der Waals surface area contributed by atoms with E-state index in [1.54, 1.807) is 26.8 Å². The average molecular weight is 381 g/mol. The first-order valence-corrected chi connectivity index (χ1v) is 8.59. The molecular formula is C19H24FNO6. The van der Waals surface area contributed by atoms with Gasteiger partial charge in [-0.25, -0.2) is 14.0 Å². The van der Waals surface area contributed by atoms with E-state index in [0.29, 0.717) is 24.0 Å². The quantitative estimate of drug-likeness (QED) is 0.600. The minimum Gasteiger partial charge on any atom is -0.491 e. The van der Waals surface area contributed by atoms with E-state index in [2.05, 4.69) is 10.1 Å². The molecule has 0 bridgehead atoms. The number of carbonyl (C=O) groups excluding carboxylic acids is 3. The fraction of sp³-hybridized carbons (Fsp3) is 0.526. The van der Waals surface area contributed by atoms with Crippen LogP contribution in [0.3, 0.4) is 0 Å². The number of fused-ring (bicyclic) bond motifs is 1. The Morgan fingerprint density at radius 1 is 1.33 bits per heavy atom. The van der Waals surface area contributed by atoms with Crippen molar-refractivity contribution < 1.29 is 33.0 Å². The molecule has 1 aromatic rings. The summed E-state index contributed by atoms with van der Waals surface area (Å²) in [6, 6.07) is 1.72. The van der Waals surface area contributed by atoms with Crippen LogP contribution in [-0.4, -0.2) is 43.7 Å². The minimum atomic E-state index is -1.12. The second-order valence-electron chi connectivity index (χ2n) is 7.38. The van der Waals surface area contributed by atoms with E-state index in [0.717, 1.165) is 6.29 Å². The van der Waals surface area contributed by atoms with Crippen LogP contribution in [0.1, 0.15) is 31.9 Å². The summed E-state index contributed by atoms with van der Waals surface area (Å²) in [5.41, 5.74) is 0.483. The van der Waals surface area contributed by atoms with Crippen molar-refractivity contribution in [3.8, 4) is 5.75 Å². The number of amides is 1. The van der Waals surface area contributed by atoms with Gasteiger partial charge in [-0.05, 0) is 50.8 Å². The van der Waals surface area contributed by atoms with Gasteiger partial charge in [0.25, 0.3) is 0 Å². The van der Waals surface area contributed by atoms with Crippen LogP contribution in [0, 0.1) is 11.7 Å². The Morgan fingerprint density at radius 3 is 2.63 bits per heavy atom. The lowest BCUT2D eigenvalue weighted by molar-refractivity contribution is -0.143. The lowest BCUT2D eigenvalue weighted by Crippen LogP contribution is -2.47. The Morgan fingerprint density at radius 2 is 2.04 bits per heavy atom. The van der Waals surface area contributed by atoms with Crippen LogP contribution in [0.15, 0.2) is 12.1 Å². The number of rotatable bonds is 6. The fourth-order valence-corrected chi connectivity index (χ4v) is 2.81. The minimum absolute atomic E-state index is 0.206. The Bertz CT molecular complexity index is 728. The molecule has 0 fully saturated rings. The number of nitrogens with one attached hydrogen (secondary N) is 1.